The maximum absolute atomic E-state index is 11.5. The van der Waals surface area contributed by atoms with Gasteiger partial charge in [-0.05, 0) is 18.5 Å². The van der Waals surface area contributed by atoms with Crippen LogP contribution < -0.4 is 15.8 Å². The number of nitrogens with zero attached hydrogens (tertiary/aromatic N) is 2. The first-order chi connectivity index (χ1) is 7.60. The number of nitrogens with one attached hydrogen (secondary N) is 1. The van der Waals surface area contributed by atoms with Crippen LogP contribution >= 0.6 is 11.5 Å². The van der Waals surface area contributed by atoms with Gasteiger partial charge in [-0.25, -0.2) is 0 Å². The van der Waals surface area contributed by atoms with E-state index in [2.05, 4.69) is 9.69 Å². The number of carbonyl (C=O) groups is 1. The Morgan fingerprint density at radius 2 is 2.38 bits per heavy atom. The van der Waals surface area contributed by atoms with Crippen molar-refractivity contribution in [2.45, 2.75) is 6.92 Å². The van der Waals surface area contributed by atoms with E-state index in [4.69, 9.17) is 10.5 Å². The fourth-order valence-electron chi connectivity index (χ4n) is 1.07. The molecule has 0 aliphatic heterocycles. The Kier molecular flexibility index (Phi) is 4.36. The molecule has 0 aliphatic carbocycles. The van der Waals surface area contributed by atoms with Crippen molar-refractivity contribution < 1.29 is 9.53 Å². The molecule has 7 heteroatoms. The van der Waals surface area contributed by atoms with Crippen LogP contribution in [0.5, 0.6) is 5.75 Å². The van der Waals surface area contributed by atoms with Crippen molar-refractivity contribution in [2.24, 2.45) is 0 Å². The second kappa shape index (κ2) is 5.55. The van der Waals surface area contributed by atoms with Gasteiger partial charge < -0.3 is 20.7 Å². The van der Waals surface area contributed by atoms with Crippen LogP contribution in [0.2, 0.25) is 0 Å². The van der Waals surface area contributed by atoms with Crippen molar-refractivity contribution in [1.82, 2.24) is 9.27 Å². The standard InChI is InChI=1S/C9H16N4O2S/c1-4-13(2)6(14)5-11-9-7(15-3)8(10)12-16-9/h11H,4-5H2,1-3H3,(H2,10,12). The maximum Gasteiger partial charge on any atom is 0.241 e. The zero-order valence-corrected chi connectivity index (χ0v) is 10.4. The molecule has 0 radical (unpaired) electrons. The van der Waals surface area contributed by atoms with Crippen molar-refractivity contribution in [1.29, 1.82) is 0 Å². The smallest absolute Gasteiger partial charge is 0.241 e. The summed E-state index contributed by atoms with van der Waals surface area (Å²) in [6.45, 7) is 2.81. The lowest BCUT2D eigenvalue weighted by Crippen LogP contribution is -2.31. The average molecular weight is 244 g/mol. The summed E-state index contributed by atoms with van der Waals surface area (Å²) < 4.78 is 9.01. The van der Waals surface area contributed by atoms with E-state index in [-0.39, 0.29) is 12.5 Å². The molecule has 0 aliphatic rings. The first-order valence-corrected chi connectivity index (χ1v) is 5.64. The van der Waals surface area contributed by atoms with Gasteiger partial charge in [-0.15, -0.1) is 0 Å². The Balaban J connectivity index is 2.58. The Labute approximate surface area is 98.5 Å². The molecule has 1 heterocycles. The Morgan fingerprint density at radius 1 is 1.69 bits per heavy atom. The van der Waals surface area contributed by atoms with Gasteiger partial charge in [0.15, 0.2) is 16.6 Å². The molecule has 16 heavy (non-hydrogen) atoms. The normalized spacial score (nSPS) is 9.94. The molecule has 0 saturated heterocycles. The molecule has 0 spiro atoms. The van der Waals surface area contributed by atoms with Crippen LogP contribution in [0.3, 0.4) is 0 Å². The number of anilines is 2. The van der Waals surface area contributed by atoms with E-state index in [0.717, 1.165) is 0 Å². The molecule has 1 aromatic rings. The van der Waals surface area contributed by atoms with E-state index in [1.54, 1.807) is 11.9 Å². The predicted molar refractivity (Wildman–Crippen MR) is 64.9 cm³/mol. The van der Waals surface area contributed by atoms with Crippen molar-refractivity contribution in [3.05, 3.63) is 0 Å². The summed E-state index contributed by atoms with van der Waals surface area (Å²) in [5.74, 6) is 0.847. The topological polar surface area (TPSA) is 80.5 Å². The molecule has 1 rings (SSSR count). The monoisotopic (exact) mass is 244 g/mol. The van der Waals surface area contributed by atoms with E-state index in [1.807, 2.05) is 6.92 Å². The van der Waals surface area contributed by atoms with Gasteiger partial charge in [0.1, 0.15) is 0 Å². The highest BCUT2D eigenvalue weighted by Crippen LogP contribution is 2.34. The quantitative estimate of drug-likeness (QED) is 0.794. The van der Waals surface area contributed by atoms with Crippen LogP contribution in [0, 0.1) is 0 Å². The molecule has 1 aromatic heterocycles. The second-order valence-electron chi connectivity index (χ2n) is 3.19. The highest BCUT2D eigenvalue weighted by Gasteiger charge is 2.13. The van der Waals surface area contributed by atoms with Crippen LogP contribution in [-0.2, 0) is 4.79 Å². The van der Waals surface area contributed by atoms with Crippen molar-refractivity contribution in [3.8, 4) is 5.75 Å². The molecule has 0 fully saturated rings. The van der Waals surface area contributed by atoms with Crippen LogP contribution in [0.4, 0.5) is 10.8 Å². The SMILES string of the molecule is CCN(C)C(=O)CNc1snc(N)c1OC. The molecule has 6 nitrogen and oxygen atoms in total. The average Bonchev–Trinajstić information content (AvgIpc) is 2.65. The Bertz CT molecular complexity index is 366. The van der Waals surface area contributed by atoms with E-state index in [1.165, 1.54) is 18.6 Å². The van der Waals surface area contributed by atoms with Crippen molar-refractivity contribution >= 4 is 28.3 Å². The van der Waals surface area contributed by atoms with Crippen LogP contribution in [0.15, 0.2) is 0 Å². The highest BCUT2D eigenvalue weighted by molar-refractivity contribution is 7.11. The molecule has 3 N–H and O–H groups in total. The number of amides is 1. The van der Waals surface area contributed by atoms with Gasteiger partial charge in [0.05, 0.1) is 13.7 Å². The number of hydrogen-bond acceptors (Lipinski definition) is 6. The summed E-state index contributed by atoms with van der Waals surface area (Å²) in [4.78, 5) is 13.2. The van der Waals surface area contributed by atoms with Gasteiger partial charge in [-0.3, -0.25) is 4.79 Å². The number of likely N-dealkylation sites (N-methyl/N-ethyl adjacent to an activating group) is 1. The minimum Gasteiger partial charge on any atom is -0.490 e. The fourth-order valence-corrected chi connectivity index (χ4v) is 1.75. The molecule has 0 saturated carbocycles. The summed E-state index contributed by atoms with van der Waals surface area (Å²) in [7, 11) is 3.27. The third-order valence-corrected chi connectivity index (χ3v) is 2.98. The van der Waals surface area contributed by atoms with Gasteiger partial charge in [-0.2, -0.15) is 4.37 Å². The third kappa shape index (κ3) is 2.75. The van der Waals surface area contributed by atoms with Crippen LogP contribution in [0.1, 0.15) is 6.92 Å². The maximum atomic E-state index is 11.5. The van der Waals surface area contributed by atoms with Gasteiger partial charge in [0, 0.05) is 13.6 Å². The lowest BCUT2D eigenvalue weighted by Gasteiger charge is -2.14. The van der Waals surface area contributed by atoms with Crippen molar-refractivity contribution in [2.75, 3.05) is 38.3 Å². The Morgan fingerprint density at radius 3 is 2.94 bits per heavy atom. The van der Waals surface area contributed by atoms with Crippen LogP contribution in [0.25, 0.3) is 0 Å². The largest absolute Gasteiger partial charge is 0.490 e. The third-order valence-electron chi connectivity index (χ3n) is 2.18. The summed E-state index contributed by atoms with van der Waals surface area (Å²) >= 11 is 1.18. The van der Waals surface area contributed by atoms with E-state index in [9.17, 15) is 4.79 Å². The first-order valence-electron chi connectivity index (χ1n) is 4.87. The number of nitrogens with two attached hydrogens (primary N) is 1. The number of hydrogen-bond donors (Lipinski definition) is 2. The molecule has 1 amide bonds. The summed E-state index contributed by atoms with van der Waals surface area (Å²) in [6.07, 6.45) is 0. The van der Waals surface area contributed by atoms with Crippen molar-refractivity contribution in [3.63, 3.8) is 0 Å². The minimum atomic E-state index is 0.0107. The number of rotatable bonds is 5. The van der Waals surface area contributed by atoms with Crippen LogP contribution in [-0.4, -0.2) is 42.4 Å². The number of carbonyl (C=O) groups excluding carboxylic acids is 1. The van der Waals surface area contributed by atoms with E-state index < -0.39 is 0 Å². The van der Waals surface area contributed by atoms with Gasteiger partial charge >= 0.3 is 0 Å². The molecule has 0 unspecified atom stereocenters. The van der Waals surface area contributed by atoms with Gasteiger partial charge in [0.2, 0.25) is 5.91 Å². The summed E-state index contributed by atoms with van der Waals surface area (Å²) in [5.41, 5.74) is 5.58. The second-order valence-corrected chi connectivity index (χ2v) is 3.97. The molecular weight excluding hydrogens is 228 g/mol. The lowest BCUT2D eigenvalue weighted by molar-refractivity contribution is -0.127. The predicted octanol–water partition coefficient (Wildman–Crippen LogP) is 0.624. The number of ether oxygens (including phenoxy) is 1. The summed E-state index contributed by atoms with van der Waals surface area (Å²) in [5, 5.41) is 3.64. The van der Waals surface area contributed by atoms with Gasteiger partial charge in [0.25, 0.3) is 0 Å². The zero-order valence-electron chi connectivity index (χ0n) is 9.61. The summed E-state index contributed by atoms with van der Waals surface area (Å²) in [6, 6.07) is 0. The molecule has 0 aromatic carbocycles. The lowest BCUT2D eigenvalue weighted by atomic mass is 10.4. The Hall–Kier alpha value is -1.50. The molecule has 0 bridgehead atoms. The number of nitrogen functional groups attached to an aromatic ring is 1. The number of aromatic nitrogens is 1. The minimum absolute atomic E-state index is 0.0107. The van der Waals surface area contributed by atoms with Gasteiger partial charge in [-0.1, -0.05) is 0 Å². The fraction of sp³-hybridized carbons (Fsp3) is 0.556. The first kappa shape index (κ1) is 12.6. The van der Waals surface area contributed by atoms with E-state index >= 15 is 0 Å². The zero-order chi connectivity index (χ0) is 12.1. The molecule has 90 valence electrons. The molecular formula is C9H16N4O2S. The number of methoxy groups -OCH3 is 1. The molecule has 0 atom stereocenters. The highest BCUT2D eigenvalue weighted by atomic mass is 32.1. The van der Waals surface area contributed by atoms with E-state index in [0.29, 0.717) is 23.1 Å².